The Kier molecular flexibility index (Phi) is 10.3. The lowest BCUT2D eigenvalue weighted by Gasteiger charge is -2.46. The normalized spacial score (nSPS) is 22.4. The Morgan fingerprint density at radius 3 is 2.66 bits per heavy atom. The van der Waals surface area contributed by atoms with Crippen LogP contribution in [0.25, 0.3) is 0 Å². The number of carbonyl (C=O) groups is 1. The lowest BCUT2D eigenvalue weighted by molar-refractivity contribution is -0.0656. The molecule has 35 heavy (non-hydrogen) atoms. The van der Waals surface area contributed by atoms with E-state index in [2.05, 4.69) is 43.3 Å². The fourth-order valence-corrected chi connectivity index (χ4v) is 5.47. The average molecular weight is 490 g/mol. The first-order valence-corrected chi connectivity index (χ1v) is 13.6. The Balaban J connectivity index is 1.84. The highest BCUT2D eigenvalue weighted by Gasteiger charge is 2.42. The van der Waals surface area contributed by atoms with Gasteiger partial charge in [-0.1, -0.05) is 47.0 Å². The van der Waals surface area contributed by atoms with Gasteiger partial charge in [-0.25, -0.2) is 9.97 Å². The van der Waals surface area contributed by atoms with Gasteiger partial charge in [0.1, 0.15) is 17.2 Å². The van der Waals surface area contributed by atoms with Gasteiger partial charge in [0, 0.05) is 64.0 Å². The predicted octanol–water partition coefficient (Wildman–Crippen LogP) is 3.82. The zero-order valence-electron chi connectivity index (χ0n) is 22.5. The molecular formula is C27H47N5O3. The number of hydrogen-bond donors (Lipinski definition) is 3. The molecule has 3 N–H and O–H groups in total. The molecule has 1 aliphatic carbocycles. The van der Waals surface area contributed by atoms with Crippen molar-refractivity contribution in [1.82, 2.24) is 20.2 Å². The van der Waals surface area contributed by atoms with Crippen molar-refractivity contribution < 1.29 is 14.6 Å². The number of carbonyl (C=O) groups excluding carboxylic acids is 1. The van der Waals surface area contributed by atoms with Gasteiger partial charge in [-0.2, -0.15) is 0 Å². The van der Waals surface area contributed by atoms with E-state index in [9.17, 15) is 9.90 Å². The van der Waals surface area contributed by atoms with Gasteiger partial charge in [0.25, 0.3) is 5.91 Å². The zero-order valence-corrected chi connectivity index (χ0v) is 22.5. The van der Waals surface area contributed by atoms with Gasteiger partial charge in [-0.15, -0.1) is 0 Å². The van der Waals surface area contributed by atoms with E-state index in [0.717, 1.165) is 57.4 Å². The molecule has 8 nitrogen and oxygen atoms in total. The van der Waals surface area contributed by atoms with Crippen LogP contribution in [0, 0.1) is 11.8 Å². The number of hydrogen-bond acceptors (Lipinski definition) is 7. The number of rotatable bonds is 11. The van der Waals surface area contributed by atoms with Crippen LogP contribution in [0.4, 0.5) is 5.82 Å². The minimum Gasteiger partial charge on any atom is -0.390 e. The summed E-state index contributed by atoms with van der Waals surface area (Å²) in [4.78, 5) is 25.3. The van der Waals surface area contributed by atoms with E-state index >= 15 is 0 Å². The molecule has 3 rings (SSSR count). The first-order valence-electron chi connectivity index (χ1n) is 13.6. The molecule has 2 heterocycles. The van der Waals surface area contributed by atoms with E-state index < -0.39 is 5.60 Å². The van der Waals surface area contributed by atoms with Crippen molar-refractivity contribution in [2.24, 2.45) is 11.8 Å². The molecule has 2 aliphatic rings. The molecule has 1 aliphatic heterocycles. The Morgan fingerprint density at radius 1 is 1.26 bits per heavy atom. The van der Waals surface area contributed by atoms with Crippen molar-refractivity contribution in [3.8, 4) is 0 Å². The van der Waals surface area contributed by atoms with Crippen molar-refractivity contribution in [3.05, 3.63) is 17.6 Å². The van der Waals surface area contributed by atoms with Gasteiger partial charge in [0.2, 0.25) is 0 Å². The van der Waals surface area contributed by atoms with Crippen LogP contribution < -0.4 is 10.6 Å². The maximum absolute atomic E-state index is 14.0. The predicted molar refractivity (Wildman–Crippen MR) is 140 cm³/mol. The molecule has 1 aromatic rings. The number of anilines is 1. The lowest BCUT2D eigenvalue weighted by atomic mass is 9.72. The topological polar surface area (TPSA) is 99.6 Å². The van der Waals surface area contributed by atoms with Crippen LogP contribution in [0.3, 0.4) is 0 Å². The smallest absolute Gasteiger partial charge is 0.259 e. The molecule has 2 fully saturated rings. The summed E-state index contributed by atoms with van der Waals surface area (Å²) in [7, 11) is 1.69. The summed E-state index contributed by atoms with van der Waals surface area (Å²) < 4.78 is 5.17. The molecule has 1 saturated carbocycles. The van der Waals surface area contributed by atoms with E-state index in [1.807, 2.05) is 4.90 Å². The highest BCUT2D eigenvalue weighted by Crippen LogP contribution is 2.38. The number of piperidine rings is 1. The molecule has 2 atom stereocenters. The van der Waals surface area contributed by atoms with Gasteiger partial charge < -0.3 is 25.4 Å². The Morgan fingerprint density at radius 2 is 2.00 bits per heavy atom. The fraction of sp³-hybridized carbons (Fsp3) is 0.815. The van der Waals surface area contributed by atoms with E-state index in [1.165, 1.54) is 6.42 Å². The summed E-state index contributed by atoms with van der Waals surface area (Å²) in [5.41, 5.74) is -0.0991. The molecule has 0 aromatic carbocycles. The second-order valence-corrected chi connectivity index (χ2v) is 11.2. The SMILES string of the molecule is COCCCNc1nc(C(C)C)ncc1C(=O)N(CC(C)C)[C@@H]1CNC[C@H](C2(O)CCCCC2)C1. The molecule has 1 saturated heterocycles. The van der Waals surface area contributed by atoms with E-state index in [1.54, 1.807) is 13.3 Å². The maximum Gasteiger partial charge on any atom is 0.259 e. The van der Waals surface area contributed by atoms with Crippen LogP contribution in [0.5, 0.6) is 0 Å². The number of ether oxygens (including phenoxy) is 1. The van der Waals surface area contributed by atoms with Crippen molar-refractivity contribution in [3.63, 3.8) is 0 Å². The van der Waals surface area contributed by atoms with Gasteiger partial charge in [-0.05, 0) is 31.6 Å². The van der Waals surface area contributed by atoms with Crippen LogP contribution in [-0.4, -0.2) is 77.4 Å². The summed E-state index contributed by atoms with van der Waals surface area (Å²) in [6.45, 7) is 11.9. The van der Waals surface area contributed by atoms with Crippen molar-refractivity contribution in [2.75, 3.05) is 45.2 Å². The summed E-state index contributed by atoms with van der Waals surface area (Å²) in [6, 6.07) is 0.0284. The zero-order chi connectivity index (χ0) is 25.4. The summed E-state index contributed by atoms with van der Waals surface area (Å²) >= 11 is 0. The molecule has 0 spiro atoms. The van der Waals surface area contributed by atoms with Crippen LogP contribution in [0.1, 0.15) is 94.7 Å². The highest BCUT2D eigenvalue weighted by atomic mass is 16.5. The standard InChI is InChI=1S/C27H47N5O3/c1-19(2)18-32(22-14-21(15-28-16-22)27(34)10-7-6-8-11-27)26(33)23-17-30-24(20(3)4)31-25(23)29-12-9-13-35-5/h17,19-22,28,34H,6-16,18H2,1-5H3,(H,29,30,31)/t21-,22+/m1/s1. The molecule has 198 valence electrons. The largest absolute Gasteiger partial charge is 0.390 e. The van der Waals surface area contributed by atoms with Gasteiger partial charge >= 0.3 is 0 Å². The first kappa shape index (κ1) is 27.8. The third-order valence-corrected chi connectivity index (χ3v) is 7.44. The molecule has 0 unspecified atom stereocenters. The quantitative estimate of drug-likeness (QED) is 0.406. The second-order valence-electron chi connectivity index (χ2n) is 11.2. The van der Waals surface area contributed by atoms with Crippen molar-refractivity contribution >= 4 is 11.7 Å². The number of nitrogens with zero attached hydrogens (tertiary/aromatic N) is 3. The van der Waals surface area contributed by atoms with Gasteiger partial charge in [-0.3, -0.25) is 4.79 Å². The second kappa shape index (κ2) is 13.0. The number of nitrogens with one attached hydrogen (secondary N) is 2. The van der Waals surface area contributed by atoms with Crippen LogP contribution >= 0.6 is 0 Å². The summed E-state index contributed by atoms with van der Waals surface area (Å²) in [5.74, 6) is 1.95. The molecule has 0 bridgehead atoms. The number of aliphatic hydroxyl groups is 1. The van der Waals surface area contributed by atoms with Gasteiger partial charge in [0.15, 0.2) is 0 Å². The number of methoxy groups -OCH3 is 1. The van der Waals surface area contributed by atoms with Crippen LogP contribution in [0.2, 0.25) is 0 Å². The lowest BCUT2D eigenvalue weighted by Crippen LogP contribution is -2.57. The Labute approximate surface area is 211 Å². The van der Waals surface area contributed by atoms with Crippen molar-refractivity contribution in [2.45, 2.75) is 90.2 Å². The third kappa shape index (κ3) is 7.37. The van der Waals surface area contributed by atoms with Gasteiger partial charge in [0.05, 0.1) is 5.60 Å². The molecule has 1 amide bonds. The molecule has 8 heteroatoms. The average Bonchev–Trinajstić information content (AvgIpc) is 2.85. The molecule has 0 radical (unpaired) electrons. The fourth-order valence-electron chi connectivity index (χ4n) is 5.47. The van der Waals surface area contributed by atoms with E-state index in [0.29, 0.717) is 37.0 Å². The van der Waals surface area contributed by atoms with E-state index in [-0.39, 0.29) is 23.8 Å². The number of amides is 1. The minimum atomic E-state index is -0.618. The van der Waals surface area contributed by atoms with Crippen molar-refractivity contribution in [1.29, 1.82) is 0 Å². The minimum absolute atomic E-state index is 0.0284. The maximum atomic E-state index is 14.0. The summed E-state index contributed by atoms with van der Waals surface area (Å²) in [6.07, 6.45) is 8.45. The highest BCUT2D eigenvalue weighted by molar-refractivity contribution is 5.98. The van der Waals surface area contributed by atoms with Crippen LogP contribution in [0.15, 0.2) is 6.20 Å². The molecular weight excluding hydrogens is 442 g/mol. The number of aromatic nitrogens is 2. The first-order chi connectivity index (χ1) is 16.7. The Bertz CT molecular complexity index is 810. The van der Waals surface area contributed by atoms with Crippen LogP contribution in [-0.2, 0) is 4.74 Å². The third-order valence-electron chi connectivity index (χ3n) is 7.44. The van der Waals surface area contributed by atoms with E-state index in [4.69, 9.17) is 9.72 Å². The summed E-state index contributed by atoms with van der Waals surface area (Å²) in [5, 5.41) is 18.3. The monoisotopic (exact) mass is 489 g/mol. The molecule has 1 aromatic heterocycles. The Hall–Kier alpha value is -1.77.